The molecule has 122 valence electrons. The van der Waals surface area contributed by atoms with Crippen LogP contribution in [0, 0.1) is 0 Å². The van der Waals surface area contributed by atoms with Crippen molar-refractivity contribution in [3.8, 4) is 11.3 Å². The van der Waals surface area contributed by atoms with Crippen LogP contribution < -0.4 is 10.9 Å². The third kappa shape index (κ3) is 3.05. The first kappa shape index (κ1) is 15.2. The summed E-state index contributed by atoms with van der Waals surface area (Å²) >= 11 is 1.12. The maximum absolute atomic E-state index is 12.4. The number of carbonyl (C=O) groups excluding carboxylic acids is 1. The van der Waals surface area contributed by atoms with Gasteiger partial charge in [0.2, 0.25) is 4.96 Å². The number of benzene rings is 2. The van der Waals surface area contributed by atoms with Gasteiger partial charge in [-0.05, 0) is 12.1 Å². The summed E-state index contributed by atoms with van der Waals surface area (Å²) in [6.07, 6.45) is 1.58. The third-order valence-electron chi connectivity index (χ3n) is 3.55. The lowest BCUT2D eigenvalue weighted by Crippen LogP contribution is -2.14. The summed E-state index contributed by atoms with van der Waals surface area (Å²) in [5.41, 5.74) is 1.23. The first-order valence-corrected chi connectivity index (χ1v) is 8.35. The Morgan fingerprint density at radius 3 is 2.40 bits per heavy atom. The van der Waals surface area contributed by atoms with Crippen LogP contribution in [-0.2, 0) is 0 Å². The number of carbonyl (C=O) groups is 1. The van der Waals surface area contributed by atoms with Gasteiger partial charge in [0.15, 0.2) is 5.69 Å². The highest BCUT2D eigenvalue weighted by atomic mass is 32.1. The Balaban J connectivity index is 1.71. The van der Waals surface area contributed by atoms with Gasteiger partial charge in [-0.1, -0.05) is 59.9 Å². The number of para-hydroxylation sites is 1. The highest BCUT2D eigenvalue weighted by Crippen LogP contribution is 2.18. The van der Waals surface area contributed by atoms with Crippen molar-refractivity contribution in [3.05, 3.63) is 82.1 Å². The quantitative estimate of drug-likeness (QED) is 0.617. The zero-order valence-electron chi connectivity index (χ0n) is 12.9. The smallest absolute Gasteiger partial charge is 0.300 e. The molecule has 2 heterocycles. The van der Waals surface area contributed by atoms with E-state index in [1.165, 1.54) is 4.52 Å². The van der Waals surface area contributed by atoms with Crippen LogP contribution in [-0.4, -0.2) is 20.5 Å². The normalized spacial score (nSPS) is 10.7. The lowest BCUT2D eigenvalue weighted by atomic mass is 10.2. The summed E-state index contributed by atoms with van der Waals surface area (Å²) in [5, 5.41) is 7.13. The molecule has 2 aromatic heterocycles. The third-order valence-corrected chi connectivity index (χ3v) is 4.52. The topological polar surface area (TPSA) is 76.4 Å². The van der Waals surface area contributed by atoms with Crippen LogP contribution in [0.25, 0.3) is 16.2 Å². The molecule has 2 aromatic carbocycles. The lowest BCUT2D eigenvalue weighted by Gasteiger charge is -2.01. The van der Waals surface area contributed by atoms with E-state index >= 15 is 0 Å². The summed E-state index contributed by atoms with van der Waals surface area (Å²) in [5.74, 6) is -0.266. The molecule has 0 aliphatic heterocycles. The molecule has 0 radical (unpaired) electrons. The van der Waals surface area contributed by atoms with E-state index in [0.29, 0.717) is 21.1 Å². The Hall–Kier alpha value is -3.32. The molecule has 0 fully saturated rings. The Labute approximate surface area is 146 Å². The van der Waals surface area contributed by atoms with Crippen molar-refractivity contribution >= 4 is 27.9 Å². The van der Waals surface area contributed by atoms with Gasteiger partial charge in [-0.15, -0.1) is 0 Å². The van der Waals surface area contributed by atoms with E-state index in [1.54, 1.807) is 30.5 Å². The van der Waals surface area contributed by atoms with Gasteiger partial charge in [0, 0.05) is 11.3 Å². The van der Waals surface area contributed by atoms with Gasteiger partial charge in [-0.25, -0.2) is 4.52 Å². The monoisotopic (exact) mass is 348 g/mol. The van der Waals surface area contributed by atoms with Gasteiger partial charge in [-0.3, -0.25) is 9.59 Å². The number of aromatic nitrogens is 3. The van der Waals surface area contributed by atoms with E-state index < -0.39 is 5.56 Å². The van der Waals surface area contributed by atoms with E-state index in [2.05, 4.69) is 15.4 Å². The molecule has 7 heteroatoms. The van der Waals surface area contributed by atoms with Crippen molar-refractivity contribution in [2.24, 2.45) is 0 Å². The van der Waals surface area contributed by atoms with Crippen LogP contribution in [0.5, 0.6) is 0 Å². The molecular formula is C18H12N4O2S. The molecule has 6 nitrogen and oxygen atoms in total. The molecular weight excluding hydrogens is 336 g/mol. The first-order chi connectivity index (χ1) is 12.2. The maximum atomic E-state index is 12.4. The summed E-state index contributed by atoms with van der Waals surface area (Å²) in [7, 11) is 0. The molecule has 0 saturated carbocycles. The number of amides is 1. The number of thiazole rings is 1. The van der Waals surface area contributed by atoms with Gasteiger partial charge >= 0.3 is 5.56 Å². The Bertz CT molecular complexity index is 1100. The number of hydrogen-bond acceptors (Lipinski definition) is 5. The minimum Gasteiger partial charge on any atom is -0.321 e. The predicted molar refractivity (Wildman–Crippen MR) is 97.0 cm³/mol. The van der Waals surface area contributed by atoms with E-state index in [-0.39, 0.29) is 11.6 Å². The minimum absolute atomic E-state index is 0.255. The van der Waals surface area contributed by atoms with Crippen LogP contribution in [0.3, 0.4) is 0 Å². The van der Waals surface area contributed by atoms with Crippen LogP contribution >= 0.6 is 11.3 Å². The molecule has 1 amide bonds. The number of rotatable bonds is 3. The molecule has 1 N–H and O–H groups in total. The molecule has 4 rings (SSSR count). The Kier molecular flexibility index (Phi) is 3.83. The molecule has 0 unspecified atom stereocenters. The number of anilines is 1. The van der Waals surface area contributed by atoms with Crippen LogP contribution in [0.2, 0.25) is 0 Å². The van der Waals surface area contributed by atoms with Gasteiger partial charge in [0.1, 0.15) is 4.88 Å². The van der Waals surface area contributed by atoms with E-state index in [0.717, 1.165) is 11.3 Å². The molecule has 0 aliphatic carbocycles. The van der Waals surface area contributed by atoms with Crippen molar-refractivity contribution < 1.29 is 4.79 Å². The number of fused-ring (bicyclic) bond motifs is 1. The van der Waals surface area contributed by atoms with Crippen molar-refractivity contribution in [3.63, 3.8) is 0 Å². The first-order valence-electron chi connectivity index (χ1n) is 7.53. The molecule has 4 aromatic rings. The van der Waals surface area contributed by atoms with Gasteiger partial charge < -0.3 is 5.32 Å². The Morgan fingerprint density at radius 1 is 1.00 bits per heavy atom. The van der Waals surface area contributed by atoms with Crippen molar-refractivity contribution in [1.82, 2.24) is 14.6 Å². The molecule has 0 aliphatic rings. The lowest BCUT2D eigenvalue weighted by molar-refractivity contribution is 0.103. The average molecular weight is 348 g/mol. The van der Waals surface area contributed by atoms with Gasteiger partial charge in [0.05, 0.1) is 6.20 Å². The fourth-order valence-electron chi connectivity index (χ4n) is 2.37. The summed E-state index contributed by atoms with van der Waals surface area (Å²) in [6, 6.07) is 18.3. The standard InChI is InChI=1S/C18H12N4O2S/c23-16(19-13-9-5-2-6-10-13)14-11-22-18(25-14)20-17(24)15(21-22)12-7-3-1-4-8-12/h1-11H,(H,19,23). The van der Waals surface area contributed by atoms with E-state index in [9.17, 15) is 9.59 Å². The second-order valence-corrected chi connectivity index (χ2v) is 6.28. The second kappa shape index (κ2) is 6.29. The Morgan fingerprint density at radius 2 is 1.68 bits per heavy atom. The van der Waals surface area contributed by atoms with Crippen molar-refractivity contribution in [1.29, 1.82) is 0 Å². The summed E-state index contributed by atoms with van der Waals surface area (Å²) in [4.78, 5) is 29.4. The van der Waals surface area contributed by atoms with Crippen LogP contribution in [0.4, 0.5) is 5.69 Å². The molecule has 0 saturated heterocycles. The van der Waals surface area contributed by atoms with Crippen molar-refractivity contribution in [2.45, 2.75) is 0 Å². The van der Waals surface area contributed by atoms with E-state index in [4.69, 9.17) is 0 Å². The average Bonchev–Trinajstić information content (AvgIpc) is 3.05. The van der Waals surface area contributed by atoms with E-state index in [1.807, 2.05) is 36.4 Å². The fraction of sp³-hybridized carbons (Fsp3) is 0. The highest BCUT2D eigenvalue weighted by Gasteiger charge is 2.14. The number of nitrogens with one attached hydrogen (secondary N) is 1. The maximum Gasteiger partial charge on any atom is 0.300 e. The number of nitrogens with zero attached hydrogens (tertiary/aromatic N) is 3. The zero-order chi connectivity index (χ0) is 17.2. The summed E-state index contributed by atoms with van der Waals surface area (Å²) < 4.78 is 1.47. The molecule has 0 atom stereocenters. The number of hydrogen-bond donors (Lipinski definition) is 1. The highest BCUT2D eigenvalue weighted by molar-refractivity contribution is 7.18. The minimum atomic E-state index is -0.414. The fourth-order valence-corrected chi connectivity index (χ4v) is 3.18. The molecule has 0 bridgehead atoms. The molecule has 25 heavy (non-hydrogen) atoms. The van der Waals surface area contributed by atoms with Crippen molar-refractivity contribution in [2.75, 3.05) is 5.32 Å². The zero-order valence-corrected chi connectivity index (χ0v) is 13.7. The van der Waals surface area contributed by atoms with Gasteiger partial charge in [0.25, 0.3) is 5.91 Å². The van der Waals surface area contributed by atoms with Crippen LogP contribution in [0.1, 0.15) is 9.67 Å². The predicted octanol–water partition coefficient (Wildman–Crippen LogP) is 3.07. The largest absolute Gasteiger partial charge is 0.321 e. The van der Waals surface area contributed by atoms with Crippen LogP contribution in [0.15, 0.2) is 71.7 Å². The second-order valence-electron chi connectivity index (χ2n) is 5.27. The summed E-state index contributed by atoms with van der Waals surface area (Å²) in [6.45, 7) is 0. The SMILES string of the molecule is O=C(Nc1ccccc1)c1cn2nc(-c3ccccc3)c(=O)nc2s1. The van der Waals surface area contributed by atoms with Gasteiger partial charge in [-0.2, -0.15) is 10.1 Å². The molecule has 0 spiro atoms.